The predicted octanol–water partition coefficient (Wildman–Crippen LogP) is 2.61. The van der Waals surface area contributed by atoms with Gasteiger partial charge in [-0.3, -0.25) is 14.5 Å². The molecule has 3 heterocycles. The number of primary amides is 1. The van der Waals surface area contributed by atoms with Crippen molar-refractivity contribution in [3.8, 4) is 5.75 Å². The molecule has 2 fully saturated rings. The molecule has 3 aliphatic rings. The second-order valence-electron chi connectivity index (χ2n) is 7.88. The highest BCUT2D eigenvalue weighted by Gasteiger charge is 2.36. The number of likely N-dealkylation sites (tertiary alicyclic amines) is 2. The molecule has 154 valence electrons. The van der Waals surface area contributed by atoms with Gasteiger partial charge >= 0.3 is 0 Å². The van der Waals surface area contributed by atoms with E-state index in [-0.39, 0.29) is 17.9 Å². The molecule has 0 spiro atoms. The number of amides is 2. The normalized spacial score (nSPS) is 23.0. The van der Waals surface area contributed by atoms with Gasteiger partial charge in [-0.2, -0.15) is 0 Å². The Morgan fingerprint density at radius 1 is 1.17 bits per heavy atom. The number of carbonyl (C=O) groups is 2. The maximum Gasteiger partial charge on any atom is 0.246 e. The number of ether oxygens (including phenoxy) is 1. The van der Waals surface area contributed by atoms with Crippen molar-refractivity contribution >= 4 is 29.5 Å². The number of piperidine rings is 1. The van der Waals surface area contributed by atoms with Gasteiger partial charge in [-0.15, -0.1) is 0 Å². The molecule has 0 aliphatic carbocycles. The summed E-state index contributed by atoms with van der Waals surface area (Å²) >= 11 is 6.05. The summed E-state index contributed by atoms with van der Waals surface area (Å²) in [6.45, 7) is 2.75. The molecule has 1 atom stereocenters. The van der Waals surface area contributed by atoms with Gasteiger partial charge in [-0.25, -0.2) is 0 Å². The van der Waals surface area contributed by atoms with Crippen LogP contribution in [-0.4, -0.2) is 59.9 Å². The van der Waals surface area contributed by atoms with Crippen molar-refractivity contribution < 1.29 is 14.3 Å². The van der Waals surface area contributed by atoms with E-state index in [4.69, 9.17) is 22.1 Å². The lowest BCUT2D eigenvalue weighted by molar-refractivity contribution is -0.129. The first-order chi connectivity index (χ1) is 14.0. The molecule has 2 amide bonds. The summed E-state index contributed by atoms with van der Waals surface area (Å²) in [5.74, 6) is 0.583. The van der Waals surface area contributed by atoms with Gasteiger partial charge in [0.05, 0.1) is 6.04 Å². The molecule has 1 unspecified atom stereocenters. The first-order valence-electron chi connectivity index (χ1n) is 10.2. The van der Waals surface area contributed by atoms with E-state index >= 15 is 0 Å². The highest BCUT2D eigenvalue weighted by Crippen LogP contribution is 2.29. The van der Waals surface area contributed by atoms with Gasteiger partial charge in [0.15, 0.2) is 0 Å². The van der Waals surface area contributed by atoms with E-state index in [1.54, 1.807) is 12.1 Å². The van der Waals surface area contributed by atoms with Crippen LogP contribution in [0.1, 0.15) is 31.2 Å². The van der Waals surface area contributed by atoms with E-state index in [1.807, 2.05) is 29.2 Å². The number of nitrogens with zero attached hydrogens (tertiary/aromatic N) is 2. The van der Waals surface area contributed by atoms with Crippen LogP contribution in [0.3, 0.4) is 0 Å². The standard InChI is InChI=1S/C22H26ClN3O3/c23-17-4-5-20-16(13-17)12-15(14-29-20)3-6-21(27)25-10-7-18(8-11-25)26-9-1-2-19(26)22(24)28/h3-6,12-13,18-19H,1-2,7-11,14H2,(H2,24,28)/b6-3+. The van der Waals surface area contributed by atoms with E-state index in [9.17, 15) is 9.59 Å². The van der Waals surface area contributed by atoms with Crippen LogP contribution in [0.25, 0.3) is 6.08 Å². The van der Waals surface area contributed by atoms with Crippen molar-refractivity contribution in [1.29, 1.82) is 0 Å². The van der Waals surface area contributed by atoms with E-state index < -0.39 is 0 Å². The van der Waals surface area contributed by atoms with Gasteiger partial charge in [0, 0.05) is 35.8 Å². The van der Waals surface area contributed by atoms with Crippen molar-refractivity contribution in [2.24, 2.45) is 5.73 Å². The van der Waals surface area contributed by atoms with Gasteiger partial charge in [-0.05, 0) is 62.1 Å². The zero-order valence-electron chi connectivity index (χ0n) is 16.4. The van der Waals surface area contributed by atoms with Crippen molar-refractivity contribution in [2.75, 3.05) is 26.2 Å². The lowest BCUT2D eigenvalue weighted by Gasteiger charge is -2.38. The average Bonchev–Trinajstić information content (AvgIpc) is 3.22. The molecule has 1 aromatic carbocycles. The molecule has 2 N–H and O–H groups in total. The van der Waals surface area contributed by atoms with Crippen LogP contribution < -0.4 is 10.5 Å². The molecule has 29 heavy (non-hydrogen) atoms. The predicted molar refractivity (Wildman–Crippen MR) is 113 cm³/mol. The summed E-state index contributed by atoms with van der Waals surface area (Å²) in [6, 6.07) is 5.70. The first kappa shape index (κ1) is 20.0. The Kier molecular flexibility index (Phi) is 5.92. The monoisotopic (exact) mass is 415 g/mol. The molecule has 3 aliphatic heterocycles. The molecule has 4 rings (SSSR count). The highest BCUT2D eigenvalue weighted by atomic mass is 35.5. The minimum Gasteiger partial charge on any atom is -0.488 e. The number of rotatable bonds is 4. The minimum atomic E-state index is -0.227. The second-order valence-corrected chi connectivity index (χ2v) is 8.31. The fourth-order valence-electron chi connectivity index (χ4n) is 4.50. The van der Waals surface area contributed by atoms with Crippen LogP contribution >= 0.6 is 11.6 Å². The molecule has 1 aromatic rings. The molecule has 7 heteroatoms. The van der Waals surface area contributed by atoms with Crippen LogP contribution in [0.5, 0.6) is 5.75 Å². The van der Waals surface area contributed by atoms with Crippen molar-refractivity contribution in [1.82, 2.24) is 9.80 Å². The molecule has 0 bridgehead atoms. The molecule has 0 aromatic heterocycles. The van der Waals surface area contributed by atoms with E-state index in [2.05, 4.69) is 4.90 Å². The maximum absolute atomic E-state index is 12.6. The zero-order valence-corrected chi connectivity index (χ0v) is 17.1. The van der Waals surface area contributed by atoms with Gasteiger partial charge in [0.2, 0.25) is 11.8 Å². The molecular formula is C22H26ClN3O3. The number of fused-ring (bicyclic) bond motifs is 1. The quantitative estimate of drug-likeness (QED) is 0.767. The second kappa shape index (κ2) is 8.59. The van der Waals surface area contributed by atoms with Crippen molar-refractivity contribution in [3.05, 3.63) is 46.5 Å². The third-order valence-electron chi connectivity index (χ3n) is 6.01. The van der Waals surface area contributed by atoms with Crippen molar-refractivity contribution in [2.45, 2.75) is 37.8 Å². The number of hydrogen-bond acceptors (Lipinski definition) is 4. The molecule has 6 nitrogen and oxygen atoms in total. The topological polar surface area (TPSA) is 75.9 Å². The number of benzene rings is 1. The summed E-state index contributed by atoms with van der Waals surface area (Å²) in [4.78, 5) is 28.4. The number of nitrogens with two attached hydrogens (primary N) is 1. The van der Waals surface area contributed by atoms with Crippen LogP contribution in [-0.2, 0) is 9.59 Å². The zero-order chi connectivity index (χ0) is 20.4. The lowest BCUT2D eigenvalue weighted by atomic mass is 10.0. The van der Waals surface area contributed by atoms with E-state index in [1.165, 1.54) is 0 Å². The number of hydrogen-bond donors (Lipinski definition) is 1. The van der Waals surface area contributed by atoms with E-state index in [0.29, 0.717) is 30.8 Å². The number of carbonyl (C=O) groups excluding carboxylic acids is 2. The van der Waals surface area contributed by atoms with Crippen LogP contribution in [0.15, 0.2) is 35.9 Å². The van der Waals surface area contributed by atoms with Crippen LogP contribution in [0.4, 0.5) is 0 Å². The van der Waals surface area contributed by atoms with Crippen LogP contribution in [0, 0.1) is 0 Å². The van der Waals surface area contributed by atoms with Crippen molar-refractivity contribution in [3.63, 3.8) is 0 Å². The fourth-order valence-corrected chi connectivity index (χ4v) is 4.68. The number of halogens is 1. The Balaban J connectivity index is 1.33. The Labute approximate surface area is 175 Å². The smallest absolute Gasteiger partial charge is 0.246 e. The molecule has 2 saturated heterocycles. The summed E-state index contributed by atoms with van der Waals surface area (Å²) < 4.78 is 5.72. The van der Waals surface area contributed by atoms with Crippen LogP contribution in [0.2, 0.25) is 5.02 Å². The fraction of sp³-hybridized carbons (Fsp3) is 0.455. The largest absolute Gasteiger partial charge is 0.488 e. The van der Waals surface area contributed by atoms with Gasteiger partial charge in [0.1, 0.15) is 12.4 Å². The third kappa shape index (κ3) is 4.49. The minimum absolute atomic E-state index is 0.00844. The molecule has 0 saturated carbocycles. The third-order valence-corrected chi connectivity index (χ3v) is 6.25. The summed E-state index contributed by atoms with van der Waals surface area (Å²) in [7, 11) is 0. The summed E-state index contributed by atoms with van der Waals surface area (Å²) in [5.41, 5.74) is 7.40. The van der Waals surface area contributed by atoms with E-state index in [0.717, 1.165) is 49.1 Å². The molecule has 0 radical (unpaired) electrons. The Morgan fingerprint density at radius 3 is 2.72 bits per heavy atom. The maximum atomic E-state index is 12.6. The lowest BCUT2D eigenvalue weighted by Crippen LogP contribution is -2.51. The van der Waals surface area contributed by atoms with Gasteiger partial charge in [-0.1, -0.05) is 17.7 Å². The average molecular weight is 416 g/mol. The first-order valence-corrected chi connectivity index (χ1v) is 10.5. The van der Waals surface area contributed by atoms with Gasteiger partial charge < -0.3 is 15.4 Å². The Bertz CT molecular complexity index is 859. The highest BCUT2D eigenvalue weighted by molar-refractivity contribution is 6.30. The van der Waals surface area contributed by atoms with Gasteiger partial charge in [0.25, 0.3) is 0 Å². The Morgan fingerprint density at radius 2 is 1.97 bits per heavy atom. The molecular weight excluding hydrogens is 390 g/mol. The Hall–Kier alpha value is -2.31. The summed E-state index contributed by atoms with van der Waals surface area (Å²) in [5, 5.41) is 0.657. The SMILES string of the molecule is NC(=O)C1CCCN1C1CCN(C(=O)/C=C/C2=Cc3cc(Cl)ccc3OC2)CC1. The summed E-state index contributed by atoms with van der Waals surface area (Å²) in [6.07, 6.45) is 9.05.